The lowest BCUT2D eigenvalue weighted by atomic mass is 9.74. The third-order valence-electron chi connectivity index (χ3n) is 6.33. The molecule has 3 aliphatic rings. The summed E-state index contributed by atoms with van der Waals surface area (Å²) in [6, 6.07) is 0. The standard InChI is InChI=1S/C24H34O6/c1-14-8-7-9-15(2)22-18(11-10-14)19(13-27-23(22)29-17(4)26)20(28-16(3)25)12-21-24(5,6)30-21/h8,13,18,20-23H,2,7,9-12H2,1,3-6H3/b14-8-/t18-,20-,21-,22+,23-/m1/s1. The fourth-order valence-electron chi connectivity index (χ4n) is 4.58. The third-order valence-corrected chi connectivity index (χ3v) is 6.33. The van der Waals surface area contributed by atoms with Crippen molar-refractivity contribution in [1.29, 1.82) is 0 Å². The van der Waals surface area contributed by atoms with Crippen LogP contribution in [0.3, 0.4) is 0 Å². The lowest BCUT2D eigenvalue weighted by Crippen LogP contribution is -2.41. The molecule has 166 valence electrons. The first-order valence-corrected chi connectivity index (χ1v) is 10.8. The molecule has 1 aliphatic carbocycles. The van der Waals surface area contributed by atoms with E-state index in [1.165, 1.54) is 19.4 Å². The number of hydrogen-bond acceptors (Lipinski definition) is 6. The Morgan fingerprint density at radius 3 is 2.57 bits per heavy atom. The molecule has 5 atom stereocenters. The fraction of sp³-hybridized carbons (Fsp3) is 0.667. The second-order valence-corrected chi connectivity index (χ2v) is 9.19. The van der Waals surface area contributed by atoms with Crippen LogP contribution in [0, 0.1) is 11.8 Å². The number of rotatable bonds is 5. The number of epoxide rings is 1. The number of fused-ring (bicyclic) bond motifs is 1. The second-order valence-electron chi connectivity index (χ2n) is 9.19. The highest BCUT2D eigenvalue weighted by Gasteiger charge is 2.51. The van der Waals surface area contributed by atoms with E-state index in [1.807, 2.05) is 13.8 Å². The van der Waals surface area contributed by atoms with Gasteiger partial charge < -0.3 is 18.9 Å². The van der Waals surface area contributed by atoms with Crippen LogP contribution < -0.4 is 0 Å². The van der Waals surface area contributed by atoms with E-state index < -0.39 is 12.4 Å². The summed E-state index contributed by atoms with van der Waals surface area (Å²) in [5.74, 6) is -0.902. The van der Waals surface area contributed by atoms with Crippen LogP contribution >= 0.6 is 0 Å². The molecule has 0 aromatic heterocycles. The molecule has 0 aromatic rings. The number of ether oxygens (including phenoxy) is 4. The van der Waals surface area contributed by atoms with Gasteiger partial charge in [0.25, 0.3) is 0 Å². The lowest BCUT2D eigenvalue weighted by Gasteiger charge is -2.40. The highest BCUT2D eigenvalue weighted by Crippen LogP contribution is 2.46. The van der Waals surface area contributed by atoms with E-state index >= 15 is 0 Å². The summed E-state index contributed by atoms with van der Waals surface area (Å²) in [5.41, 5.74) is 3.03. The molecule has 3 rings (SSSR count). The molecular weight excluding hydrogens is 384 g/mol. The molecule has 0 aromatic carbocycles. The van der Waals surface area contributed by atoms with E-state index in [2.05, 4.69) is 19.6 Å². The Kier molecular flexibility index (Phi) is 6.75. The van der Waals surface area contributed by atoms with Crippen molar-refractivity contribution in [1.82, 2.24) is 0 Å². The first kappa shape index (κ1) is 22.6. The minimum atomic E-state index is -0.714. The summed E-state index contributed by atoms with van der Waals surface area (Å²) in [6.07, 6.45) is 6.77. The summed E-state index contributed by atoms with van der Waals surface area (Å²) < 4.78 is 22.9. The van der Waals surface area contributed by atoms with Crippen molar-refractivity contribution in [3.8, 4) is 0 Å². The number of allylic oxidation sites excluding steroid dienone is 2. The van der Waals surface area contributed by atoms with Crippen molar-refractivity contribution in [3.05, 3.63) is 35.6 Å². The van der Waals surface area contributed by atoms with Gasteiger partial charge in [-0.1, -0.05) is 23.8 Å². The summed E-state index contributed by atoms with van der Waals surface area (Å²) in [6.45, 7) is 13.3. The number of hydrogen-bond donors (Lipinski definition) is 0. The monoisotopic (exact) mass is 418 g/mol. The number of carbonyl (C=O) groups excluding carboxylic acids is 2. The van der Waals surface area contributed by atoms with Crippen molar-refractivity contribution in [3.63, 3.8) is 0 Å². The van der Waals surface area contributed by atoms with Crippen LogP contribution in [0.15, 0.2) is 35.6 Å². The number of esters is 2. The zero-order valence-corrected chi connectivity index (χ0v) is 18.7. The van der Waals surface area contributed by atoms with Crippen LogP contribution in [-0.2, 0) is 28.5 Å². The zero-order valence-electron chi connectivity index (χ0n) is 18.7. The Bertz CT molecular complexity index is 762. The average molecular weight is 419 g/mol. The van der Waals surface area contributed by atoms with Gasteiger partial charge in [-0.3, -0.25) is 9.59 Å². The highest BCUT2D eigenvalue weighted by molar-refractivity contribution is 5.67. The summed E-state index contributed by atoms with van der Waals surface area (Å²) in [4.78, 5) is 23.6. The quantitative estimate of drug-likeness (QED) is 0.369. The van der Waals surface area contributed by atoms with Gasteiger partial charge in [0.1, 0.15) is 6.10 Å². The maximum absolute atomic E-state index is 11.9. The van der Waals surface area contributed by atoms with Crippen LogP contribution in [0.2, 0.25) is 0 Å². The van der Waals surface area contributed by atoms with Crippen LogP contribution in [-0.4, -0.2) is 36.0 Å². The second kappa shape index (κ2) is 8.96. The van der Waals surface area contributed by atoms with Gasteiger partial charge in [0.15, 0.2) is 0 Å². The Morgan fingerprint density at radius 2 is 1.97 bits per heavy atom. The summed E-state index contributed by atoms with van der Waals surface area (Å²) in [7, 11) is 0. The van der Waals surface area contributed by atoms with Crippen molar-refractivity contribution >= 4 is 11.9 Å². The van der Waals surface area contributed by atoms with Crippen molar-refractivity contribution in [2.24, 2.45) is 11.8 Å². The molecule has 2 heterocycles. The first-order chi connectivity index (χ1) is 14.1. The molecule has 6 nitrogen and oxygen atoms in total. The van der Waals surface area contributed by atoms with Crippen LogP contribution in [0.4, 0.5) is 0 Å². The molecule has 0 radical (unpaired) electrons. The third kappa shape index (κ3) is 5.34. The lowest BCUT2D eigenvalue weighted by molar-refractivity contribution is -0.181. The summed E-state index contributed by atoms with van der Waals surface area (Å²) in [5, 5.41) is 0. The minimum absolute atomic E-state index is 0.00302. The maximum Gasteiger partial charge on any atom is 0.305 e. The SMILES string of the molecule is C=C1CC/C=C(/C)CC[C@@H]2C([C@@H](C[C@H]3OC3(C)C)OC(C)=O)=CO[C@H](OC(C)=O)[C@@H]12. The van der Waals surface area contributed by atoms with Gasteiger partial charge in [-0.2, -0.15) is 0 Å². The molecule has 6 heteroatoms. The Labute approximate surface area is 179 Å². The first-order valence-electron chi connectivity index (χ1n) is 10.8. The Hall–Kier alpha value is -2.08. The van der Waals surface area contributed by atoms with Crippen LogP contribution in [0.5, 0.6) is 0 Å². The van der Waals surface area contributed by atoms with Gasteiger partial charge in [0.2, 0.25) is 6.29 Å². The fourth-order valence-corrected chi connectivity index (χ4v) is 4.58. The van der Waals surface area contributed by atoms with E-state index in [0.717, 1.165) is 36.8 Å². The largest absolute Gasteiger partial charge is 0.462 e. The van der Waals surface area contributed by atoms with Gasteiger partial charge in [0, 0.05) is 31.8 Å². The molecule has 30 heavy (non-hydrogen) atoms. The molecule has 0 N–H and O–H groups in total. The molecular formula is C24H34O6. The smallest absolute Gasteiger partial charge is 0.305 e. The number of carbonyl (C=O) groups is 2. The molecule has 0 unspecified atom stereocenters. The molecule has 1 saturated heterocycles. The molecule has 0 amide bonds. The molecule has 0 saturated carbocycles. The predicted molar refractivity (Wildman–Crippen MR) is 112 cm³/mol. The zero-order chi connectivity index (χ0) is 22.1. The van der Waals surface area contributed by atoms with E-state index in [1.54, 1.807) is 6.26 Å². The van der Waals surface area contributed by atoms with E-state index in [-0.39, 0.29) is 35.5 Å². The van der Waals surface area contributed by atoms with Crippen molar-refractivity contribution in [2.75, 3.05) is 0 Å². The topological polar surface area (TPSA) is 74.4 Å². The average Bonchev–Trinajstić information content (AvgIpc) is 3.21. The van der Waals surface area contributed by atoms with Crippen molar-refractivity contribution < 1.29 is 28.5 Å². The van der Waals surface area contributed by atoms with Crippen LogP contribution in [0.25, 0.3) is 0 Å². The maximum atomic E-state index is 11.9. The normalized spacial score (nSPS) is 33.2. The van der Waals surface area contributed by atoms with E-state index in [9.17, 15) is 9.59 Å². The Morgan fingerprint density at radius 1 is 1.27 bits per heavy atom. The molecule has 0 bridgehead atoms. The molecule has 0 spiro atoms. The van der Waals surface area contributed by atoms with Crippen LogP contribution in [0.1, 0.15) is 66.7 Å². The van der Waals surface area contributed by atoms with Gasteiger partial charge in [-0.25, -0.2) is 0 Å². The minimum Gasteiger partial charge on any atom is -0.462 e. The van der Waals surface area contributed by atoms with Gasteiger partial charge in [0.05, 0.1) is 23.9 Å². The van der Waals surface area contributed by atoms with Gasteiger partial charge in [-0.05, 0) is 46.5 Å². The Balaban J connectivity index is 1.94. The highest BCUT2D eigenvalue weighted by atomic mass is 16.7. The van der Waals surface area contributed by atoms with Gasteiger partial charge in [-0.15, -0.1) is 0 Å². The summed E-state index contributed by atoms with van der Waals surface area (Å²) >= 11 is 0. The predicted octanol–water partition coefficient (Wildman–Crippen LogP) is 4.60. The molecule has 1 fully saturated rings. The van der Waals surface area contributed by atoms with E-state index in [0.29, 0.717) is 6.42 Å². The van der Waals surface area contributed by atoms with Gasteiger partial charge >= 0.3 is 11.9 Å². The van der Waals surface area contributed by atoms with E-state index in [4.69, 9.17) is 18.9 Å². The van der Waals surface area contributed by atoms with Crippen molar-refractivity contribution in [2.45, 2.75) is 90.8 Å². The molecule has 2 aliphatic heterocycles.